The molecule has 158 valence electrons. The van der Waals surface area contributed by atoms with Crippen LogP contribution in [0.3, 0.4) is 0 Å². The maximum atomic E-state index is 12.7. The van der Waals surface area contributed by atoms with Gasteiger partial charge in [-0.3, -0.25) is 14.5 Å². The normalized spacial score (nSPS) is 16.9. The third-order valence-corrected chi connectivity index (χ3v) is 7.15. The van der Waals surface area contributed by atoms with Crippen molar-refractivity contribution in [1.29, 1.82) is 0 Å². The fraction of sp³-hybridized carbons (Fsp3) is 0.200. The van der Waals surface area contributed by atoms with E-state index in [-0.39, 0.29) is 17.2 Å². The number of carbonyl (C=O) groups is 2. The molecule has 0 aromatic heterocycles. The molecule has 3 aromatic carbocycles. The van der Waals surface area contributed by atoms with Crippen molar-refractivity contribution in [3.05, 3.63) is 95.1 Å². The van der Waals surface area contributed by atoms with Crippen LogP contribution in [0.2, 0.25) is 0 Å². The van der Waals surface area contributed by atoms with Gasteiger partial charge in [-0.1, -0.05) is 54.6 Å². The van der Waals surface area contributed by atoms with E-state index in [0.717, 1.165) is 27.9 Å². The summed E-state index contributed by atoms with van der Waals surface area (Å²) in [5, 5.41) is 2.01. The van der Waals surface area contributed by atoms with E-state index in [4.69, 9.17) is 11.6 Å². The first-order valence-electron chi connectivity index (χ1n) is 10.1. The average molecular weight is 451 g/mol. The predicted molar refractivity (Wildman–Crippen MR) is 129 cm³/mol. The molecule has 1 fully saturated rings. The quantitative estimate of drug-likeness (QED) is 0.485. The van der Waals surface area contributed by atoms with Crippen LogP contribution in [-0.2, 0) is 9.59 Å². The van der Waals surface area contributed by atoms with E-state index in [1.165, 1.54) is 0 Å². The monoisotopic (exact) mass is 450 g/mol. The van der Waals surface area contributed by atoms with Crippen LogP contribution in [0.5, 0.6) is 0 Å². The number of amides is 2. The number of thioether (sulfide) groups is 1. The summed E-state index contributed by atoms with van der Waals surface area (Å²) >= 11 is 7.92. The zero-order valence-electron chi connectivity index (χ0n) is 17.3. The topological polar surface area (TPSA) is 49.4 Å². The Labute approximate surface area is 191 Å². The lowest BCUT2D eigenvalue weighted by molar-refractivity contribution is -0.116. The summed E-state index contributed by atoms with van der Waals surface area (Å²) in [7, 11) is 0. The summed E-state index contributed by atoms with van der Waals surface area (Å²) in [6, 6.07) is 22.9. The number of hydrogen-bond donors (Lipinski definition) is 1. The number of nitrogens with zero attached hydrogens (tertiary/aromatic N) is 1. The smallest absolute Gasteiger partial charge is 0.246 e. The molecule has 0 spiro atoms. The van der Waals surface area contributed by atoms with Gasteiger partial charge in [0.05, 0.1) is 5.75 Å². The molecule has 4 nitrogen and oxygen atoms in total. The molecule has 0 bridgehead atoms. The van der Waals surface area contributed by atoms with Gasteiger partial charge in [0.1, 0.15) is 10.8 Å². The molecule has 0 radical (unpaired) electrons. The molecule has 1 aliphatic rings. The number of nitrogens with one attached hydrogen (secondary N) is 1. The number of halogens is 1. The van der Waals surface area contributed by atoms with Gasteiger partial charge in [0.25, 0.3) is 0 Å². The van der Waals surface area contributed by atoms with Crippen LogP contribution in [0.4, 0.5) is 11.4 Å². The lowest BCUT2D eigenvalue weighted by Gasteiger charge is -2.26. The van der Waals surface area contributed by atoms with E-state index < -0.39 is 5.38 Å². The molecular weight excluding hydrogens is 428 g/mol. The van der Waals surface area contributed by atoms with E-state index >= 15 is 0 Å². The summed E-state index contributed by atoms with van der Waals surface area (Å²) in [6.07, 6.45) is 0. The Morgan fingerprint density at radius 2 is 1.74 bits per heavy atom. The van der Waals surface area contributed by atoms with Crippen molar-refractivity contribution >= 4 is 46.6 Å². The Balaban J connectivity index is 1.51. The van der Waals surface area contributed by atoms with Gasteiger partial charge in [0, 0.05) is 11.4 Å². The Bertz CT molecular complexity index is 1100. The van der Waals surface area contributed by atoms with Crippen molar-refractivity contribution in [3.63, 3.8) is 0 Å². The van der Waals surface area contributed by atoms with Crippen molar-refractivity contribution < 1.29 is 9.59 Å². The molecule has 1 aliphatic heterocycles. The van der Waals surface area contributed by atoms with E-state index in [0.29, 0.717) is 11.4 Å². The first-order valence-corrected chi connectivity index (χ1v) is 11.5. The largest absolute Gasteiger partial charge is 0.325 e. The highest BCUT2D eigenvalue weighted by molar-refractivity contribution is 8.00. The molecule has 3 aromatic rings. The van der Waals surface area contributed by atoms with E-state index in [1.54, 1.807) is 11.8 Å². The van der Waals surface area contributed by atoms with Crippen LogP contribution in [0, 0.1) is 13.8 Å². The van der Waals surface area contributed by atoms with Crippen molar-refractivity contribution in [2.24, 2.45) is 0 Å². The Hall–Kier alpha value is -2.76. The third-order valence-electron chi connectivity index (χ3n) is 5.49. The van der Waals surface area contributed by atoms with Crippen molar-refractivity contribution in [1.82, 2.24) is 0 Å². The van der Waals surface area contributed by atoms with E-state index in [2.05, 4.69) is 18.3 Å². The molecule has 0 saturated carbocycles. The Kier molecular flexibility index (Phi) is 6.35. The minimum Gasteiger partial charge on any atom is -0.325 e. The van der Waals surface area contributed by atoms with Gasteiger partial charge in [-0.15, -0.1) is 23.4 Å². The van der Waals surface area contributed by atoms with Gasteiger partial charge in [0.2, 0.25) is 11.8 Å². The van der Waals surface area contributed by atoms with E-state index in [1.807, 2.05) is 78.6 Å². The molecule has 1 N–H and O–H groups in total. The molecule has 1 saturated heterocycles. The minimum atomic E-state index is -0.760. The molecule has 4 rings (SSSR count). The number of hydrogen-bond acceptors (Lipinski definition) is 3. The molecule has 0 aliphatic carbocycles. The van der Waals surface area contributed by atoms with Crippen molar-refractivity contribution in [3.8, 4) is 0 Å². The van der Waals surface area contributed by atoms with Crippen molar-refractivity contribution in [2.75, 3.05) is 16.0 Å². The first-order chi connectivity index (χ1) is 15.0. The molecular formula is C25H23ClN2O2S. The Morgan fingerprint density at radius 1 is 1.03 bits per heavy atom. The molecule has 2 amide bonds. The zero-order valence-corrected chi connectivity index (χ0v) is 18.9. The lowest BCUT2D eigenvalue weighted by Crippen LogP contribution is -2.28. The summed E-state index contributed by atoms with van der Waals surface area (Å²) in [6.45, 7) is 4.10. The van der Waals surface area contributed by atoms with Crippen LogP contribution >= 0.6 is 23.4 Å². The highest BCUT2D eigenvalue weighted by Gasteiger charge is 2.35. The average Bonchev–Trinajstić information content (AvgIpc) is 3.17. The molecule has 0 unspecified atom stereocenters. The SMILES string of the molecule is Cc1cccc(N2C(=O)CS[C@H]2c2ccc(NC(=O)[C@H](Cl)c3ccccc3)cc2)c1C. The number of alkyl halides is 1. The predicted octanol–water partition coefficient (Wildman–Crippen LogP) is 6.00. The lowest BCUT2D eigenvalue weighted by atomic mass is 10.1. The standard InChI is InChI=1S/C25H23ClN2O2S/c1-16-7-6-10-21(17(16)2)28-22(29)15-31-25(28)19-11-13-20(14-12-19)27-24(30)23(26)18-8-4-3-5-9-18/h3-14,23,25H,15H2,1-2H3,(H,27,30)/t23-,25+/m1/s1. The fourth-order valence-electron chi connectivity index (χ4n) is 3.64. The van der Waals surface area contributed by atoms with Gasteiger partial charge < -0.3 is 5.32 Å². The van der Waals surface area contributed by atoms with Crippen LogP contribution in [-0.4, -0.2) is 17.6 Å². The first kappa shape index (κ1) is 21.5. The van der Waals surface area contributed by atoms with Gasteiger partial charge in [-0.25, -0.2) is 0 Å². The maximum absolute atomic E-state index is 12.7. The number of aryl methyl sites for hydroxylation is 1. The maximum Gasteiger partial charge on any atom is 0.246 e. The highest BCUT2D eigenvalue weighted by Crippen LogP contribution is 2.43. The summed E-state index contributed by atoms with van der Waals surface area (Å²) in [5.74, 6) is 0.276. The van der Waals surface area contributed by atoms with Crippen molar-refractivity contribution in [2.45, 2.75) is 24.6 Å². The van der Waals surface area contributed by atoms with Gasteiger partial charge in [-0.2, -0.15) is 0 Å². The second kappa shape index (κ2) is 9.16. The highest BCUT2D eigenvalue weighted by atomic mass is 35.5. The second-order valence-corrected chi connectivity index (χ2v) is 9.04. The number of benzene rings is 3. The van der Waals surface area contributed by atoms with Gasteiger partial charge in [-0.05, 0) is 54.3 Å². The van der Waals surface area contributed by atoms with Gasteiger partial charge >= 0.3 is 0 Å². The summed E-state index contributed by atoms with van der Waals surface area (Å²) in [4.78, 5) is 27.1. The van der Waals surface area contributed by atoms with E-state index in [9.17, 15) is 9.59 Å². The third kappa shape index (κ3) is 4.48. The number of rotatable bonds is 5. The van der Waals surface area contributed by atoms with Gasteiger partial charge in [0.15, 0.2) is 0 Å². The zero-order chi connectivity index (χ0) is 22.0. The van der Waals surface area contributed by atoms with Crippen LogP contribution in [0.25, 0.3) is 0 Å². The fourth-order valence-corrected chi connectivity index (χ4v) is 5.01. The van der Waals surface area contributed by atoms with Crippen LogP contribution in [0.15, 0.2) is 72.8 Å². The second-order valence-electron chi connectivity index (χ2n) is 7.53. The molecule has 1 heterocycles. The molecule has 31 heavy (non-hydrogen) atoms. The van der Waals surface area contributed by atoms with Crippen LogP contribution < -0.4 is 10.2 Å². The molecule has 2 atom stereocenters. The summed E-state index contributed by atoms with van der Waals surface area (Å²) < 4.78 is 0. The molecule has 6 heteroatoms. The minimum absolute atomic E-state index is 0.0946. The summed E-state index contributed by atoms with van der Waals surface area (Å²) in [5.41, 5.74) is 5.66. The Morgan fingerprint density at radius 3 is 2.45 bits per heavy atom. The number of anilines is 2. The van der Waals surface area contributed by atoms with Crippen LogP contribution in [0.1, 0.15) is 33.0 Å². The number of carbonyl (C=O) groups excluding carboxylic acids is 2.